The molecule has 5 heteroatoms. The van der Waals surface area contributed by atoms with Gasteiger partial charge in [-0.15, -0.1) is 0 Å². The zero-order valence-corrected chi connectivity index (χ0v) is 12.8. The van der Waals surface area contributed by atoms with E-state index in [4.69, 9.17) is 5.73 Å². The van der Waals surface area contributed by atoms with Crippen molar-refractivity contribution < 1.29 is 0 Å². The first-order valence-electron chi connectivity index (χ1n) is 7.09. The Morgan fingerprint density at radius 2 is 2.05 bits per heavy atom. The topological polar surface area (TPSA) is 57.9 Å². The number of hydrogen-bond donors (Lipinski definition) is 2. The van der Waals surface area contributed by atoms with E-state index in [2.05, 4.69) is 49.2 Å². The quantitative estimate of drug-likeness (QED) is 0.720. The Hall–Kier alpha value is -1.33. The molecule has 4 rings (SSSR count). The summed E-state index contributed by atoms with van der Waals surface area (Å²) >= 11 is 3.65. The van der Waals surface area contributed by atoms with Crippen molar-refractivity contribution in [2.24, 2.45) is 5.73 Å². The van der Waals surface area contributed by atoms with E-state index in [-0.39, 0.29) is 0 Å². The van der Waals surface area contributed by atoms with Crippen molar-refractivity contribution in [1.29, 1.82) is 0 Å². The molecule has 3 N–H and O–H groups in total. The minimum Gasteiger partial charge on any atom is -0.355 e. The van der Waals surface area contributed by atoms with Crippen LogP contribution >= 0.6 is 15.9 Å². The molecule has 0 amide bonds. The number of rotatable bonds is 1. The minimum atomic E-state index is 0.351. The molecule has 1 aromatic carbocycles. The fourth-order valence-electron chi connectivity index (χ4n) is 3.27. The Bertz CT molecular complexity index is 656. The van der Waals surface area contributed by atoms with Gasteiger partial charge in [-0.05, 0) is 24.5 Å². The average molecular weight is 333 g/mol. The van der Waals surface area contributed by atoms with Gasteiger partial charge in [0.2, 0.25) is 0 Å². The number of fused-ring (bicyclic) bond motifs is 3. The lowest BCUT2D eigenvalue weighted by molar-refractivity contribution is 0.498. The summed E-state index contributed by atoms with van der Waals surface area (Å²) in [6.07, 6.45) is 3.07. The fourth-order valence-corrected chi connectivity index (χ4v) is 3.77. The van der Waals surface area contributed by atoms with Crippen molar-refractivity contribution in [3.05, 3.63) is 33.8 Å². The second-order valence-electron chi connectivity index (χ2n) is 5.67. The predicted octanol–water partition coefficient (Wildman–Crippen LogP) is 2.67. The molecule has 1 fully saturated rings. The van der Waals surface area contributed by atoms with Gasteiger partial charge in [0.1, 0.15) is 0 Å². The number of benzene rings is 1. The maximum Gasteiger partial charge on any atom is 0.154 e. The molecule has 104 valence electrons. The molecule has 1 aromatic heterocycles. The normalized spacial score (nSPS) is 18.2. The van der Waals surface area contributed by atoms with E-state index >= 15 is 0 Å². The number of halogens is 1. The molecule has 1 aliphatic heterocycles. The van der Waals surface area contributed by atoms with Gasteiger partial charge in [0.25, 0.3) is 0 Å². The Labute approximate surface area is 126 Å². The lowest BCUT2D eigenvalue weighted by Gasteiger charge is -2.30. The van der Waals surface area contributed by atoms with Crippen LogP contribution in [-0.2, 0) is 6.42 Å². The molecule has 1 aliphatic carbocycles. The molecule has 1 saturated heterocycles. The van der Waals surface area contributed by atoms with Crippen LogP contribution in [0.15, 0.2) is 22.7 Å². The minimum absolute atomic E-state index is 0.351. The fraction of sp³-hybridized carbons (Fsp3) is 0.400. The molecule has 0 radical (unpaired) electrons. The van der Waals surface area contributed by atoms with Crippen LogP contribution < -0.4 is 10.6 Å². The second kappa shape index (κ2) is 4.60. The summed E-state index contributed by atoms with van der Waals surface area (Å²) in [7, 11) is 0. The summed E-state index contributed by atoms with van der Waals surface area (Å²) in [4.78, 5) is 2.37. The molecule has 4 nitrogen and oxygen atoms in total. The molecule has 0 spiro atoms. The Morgan fingerprint density at radius 1 is 1.25 bits per heavy atom. The molecule has 2 aromatic rings. The highest BCUT2D eigenvalue weighted by Gasteiger charge is 2.29. The van der Waals surface area contributed by atoms with Gasteiger partial charge in [-0.1, -0.05) is 28.1 Å². The van der Waals surface area contributed by atoms with Gasteiger partial charge in [-0.25, -0.2) is 0 Å². The predicted molar refractivity (Wildman–Crippen MR) is 84.0 cm³/mol. The highest BCUT2D eigenvalue weighted by molar-refractivity contribution is 9.10. The van der Waals surface area contributed by atoms with E-state index in [1.165, 1.54) is 26.9 Å². The highest BCUT2D eigenvalue weighted by atomic mass is 79.9. The van der Waals surface area contributed by atoms with Crippen molar-refractivity contribution in [3.63, 3.8) is 0 Å². The van der Waals surface area contributed by atoms with E-state index < -0.39 is 0 Å². The molecule has 2 heterocycles. The van der Waals surface area contributed by atoms with Crippen LogP contribution in [0.2, 0.25) is 0 Å². The SMILES string of the molecule is NC1CCN(c2n[nH]c3c2Cc2c(Br)cccc2-3)CC1. The lowest BCUT2D eigenvalue weighted by atomic mass is 10.1. The Balaban J connectivity index is 1.71. The second-order valence-corrected chi connectivity index (χ2v) is 6.52. The Kier molecular flexibility index (Phi) is 2.86. The summed E-state index contributed by atoms with van der Waals surface area (Å²) in [5.74, 6) is 1.12. The van der Waals surface area contributed by atoms with Gasteiger partial charge in [0, 0.05) is 41.2 Å². The number of nitrogens with zero attached hydrogens (tertiary/aromatic N) is 2. The van der Waals surface area contributed by atoms with Crippen molar-refractivity contribution in [2.45, 2.75) is 25.3 Å². The van der Waals surface area contributed by atoms with Gasteiger partial charge in [0.15, 0.2) is 5.82 Å². The zero-order chi connectivity index (χ0) is 13.7. The van der Waals surface area contributed by atoms with E-state index in [9.17, 15) is 0 Å². The monoisotopic (exact) mass is 332 g/mol. The largest absolute Gasteiger partial charge is 0.355 e. The molecule has 0 atom stereocenters. The highest BCUT2D eigenvalue weighted by Crippen LogP contribution is 2.42. The summed E-state index contributed by atoms with van der Waals surface area (Å²) in [5, 5.41) is 7.79. The van der Waals surface area contributed by atoms with Gasteiger partial charge >= 0.3 is 0 Å². The number of aromatic nitrogens is 2. The van der Waals surface area contributed by atoms with Crippen LogP contribution in [0.3, 0.4) is 0 Å². The number of nitrogens with two attached hydrogens (primary N) is 1. The first kappa shape index (κ1) is 12.4. The average Bonchev–Trinajstić information content (AvgIpc) is 3.00. The molecule has 0 saturated carbocycles. The number of nitrogens with one attached hydrogen (secondary N) is 1. The van der Waals surface area contributed by atoms with E-state index in [0.29, 0.717) is 6.04 Å². The number of piperidine rings is 1. The third-order valence-electron chi connectivity index (χ3n) is 4.43. The number of hydrogen-bond acceptors (Lipinski definition) is 3. The van der Waals surface area contributed by atoms with Gasteiger partial charge < -0.3 is 10.6 Å². The smallest absolute Gasteiger partial charge is 0.154 e. The first-order valence-corrected chi connectivity index (χ1v) is 7.89. The molecule has 2 aliphatic rings. The van der Waals surface area contributed by atoms with Gasteiger partial charge in [0.05, 0.1) is 5.69 Å². The molecular weight excluding hydrogens is 316 g/mol. The number of H-pyrrole nitrogens is 1. The molecule has 0 unspecified atom stereocenters. The lowest BCUT2D eigenvalue weighted by Crippen LogP contribution is -2.40. The van der Waals surface area contributed by atoms with Crippen LogP contribution in [0, 0.1) is 0 Å². The first-order chi connectivity index (χ1) is 9.74. The molecular formula is C15H17BrN4. The zero-order valence-electron chi connectivity index (χ0n) is 11.2. The van der Waals surface area contributed by atoms with E-state index in [1.807, 2.05) is 0 Å². The summed E-state index contributed by atoms with van der Waals surface area (Å²) in [5.41, 5.74) is 11.2. The van der Waals surface area contributed by atoms with E-state index in [0.717, 1.165) is 38.2 Å². The van der Waals surface area contributed by atoms with Crippen LogP contribution in [0.5, 0.6) is 0 Å². The van der Waals surface area contributed by atoms with Crippen LogP contribution in [0.4, 0.5) is 5.82 Å². The van der Waals surface area contributed by atoms with Crippen molar-refractivity contribution in [1.82, 2.24) is 10.2 Å². The third kappa shape index (κ3) is 1.80. The molecule has 20 heavy (non-hydrogen) atoms. The molecule has 0 bridgehead atoms. The van der Waals surface area contributed by atoms with Crippen molar-refractivity contribution in [3.8, 4) is 11.3 Å². The van der Waals surface area contributed by atoms with Gasteiger partial charge in [-0.2, -0.15) is 5.10 Å². The Morgan fingerprint density at radius 3 is 2.85 bits per heavy atom. The van der Waals surface area contributed by atoms with Crippen LogP contribution in [-0.4, -0.2) is 29.3 Å². The van der Waals surface area contributed by atoms with Crippen LogP contribution in [0.25, 0.3) is 11.3 Å². The van der Waals surface area contributed by atoms with Crippen molar-refractivity contribution in [2.75, 3.05) is 18.0 Å². The summed E-state index contributed by atoms with van der Waals surface area (Å²) in [6.45, 7) is 2.02. The third-order valence-corrected chi connectivity index (χ3v) is 5.17. The van der Waals surface area contributed by atoms with E-state index in [1.54, 1.807) is 0 Å². The maximum atomic E-state index is 5.99. The number of anilines is 1. The number of aromatic amines is 1. The summed E-state index contributed by atoms with van der Waals surface area (Å²) < 4.78 is 1.19. The van der Waals surface area contributed by atoms with Crippen LogP contribution in [0.1, 0.15) is 24.0 Å². The maximum absolute atomic E-state index is 5.99. The van der Waals surface area contributed by atoms with Crippen molar-refractivity contribution >= 4 is 21.7 Å². The van der Waals surface area contributed by atoms with Gasteiger partial charge in [-0.3, -0.25) is 5.10 Å². The summed E-state index contributed by atoms with van der Waals surface area (Å²) in [6, 6.07) is 6.71. The standard InChI is InChI=1S/C15H17BrN4/c16-13-3-1-2-10-11(13)8-12-14(10)18-19-15(12)20-6-4-9(17)5-7-20/h1-3,9H,4-8,17H2,(H,18,19).